The second-order valence-corrected chi connectivity index (χ2v) is 15.9. The molecule has 5 saturated carbocycles. The quantitative estimate of drug-likeness (QED) is 0.215. The van der Waals surface area contributed by atoms with Gasteiger partial charge in [0.25, 0.3) is 0 Å². The summed E-state index contributed by atoms with van der Waals surface area (Å²) in [7, 11) is 0. The first-order valence-electron chi connectivity index (χ1n) is 17.3. The van der Waals surface area contributed by atoms with Gasteiger partial charge in [0.05, 0.1) is 23.5 Å². The molecule has 5 aliphatic rings. The van der Waals surface area contributed by atoms with E-state index in [-0.39, 0.29) is 23.9 Å². The Hall–Kier alpha value is -0.166. The van der Waals surface area contributed by atoms with E-state index in [1.165, 1.54) is 77.0 Å². The van der Waals surface area contributed by atoms with Gasteiger partial charge in [-0.05, 0) is 97.7 Å². The average Bonchev–Trinajstić information content (AvgIpc) is 3.17. The molecule has 6 unspecified atom stereocenters. The zero-order valence-electron chi connectivity index (χ0n) is 27.8. The minimum atomic E-state index is 0. The van der Waals surface area contributed by atoms with Crippen molar-refractivity contribution < 1.29 is 16.5 Å². The molecule has 0 aromatic heterocycles. The van der Waals surface area contributed by atoms with Gasteiger partial charge in [-0.25, -0.2) is 0 Å². The topological polar surface area (TPSA) is 24.7 Å². The van der Waals surface area contributed by atoms with Crippen LogP contribution in [0.5, 0.6) is 0 Å². The van der Waals surface area contributed by atoms with Crippen LogP contribution in [0.25, 0.3) is 0 Å². The molecule has 5 rings (SSSR count). The summed E-state index contributed by atoms with van der Waals surface area (Å²) in [5, 5.41) is 0. The van der Waals surface area contributed by atoms with E-state index in [4.69, 9.17) is 9.98 Å². The van der Waals surface area contributed by atoms with E-state index >= 15 is 0 Å². The van der Waals surface area contributed by atoms with Crippen molar-refractivity contribution in [3.63, 3.8) is 0 Å². The van der Waals surface area contributed by atoms with Gasteiger partial charge in [-0.2, -0.15) is 0 Å². The average molecular weight is 598 g/mol. The zero-order valence-corrected chi connectivity index (χ0v) is 28.8. The molecule has 5 fully saturated rings. The third kappa shape index (κ3) is 6.65. The van der Waals surface area contributed by atoms with Crippen LogP contribution in [0.1, 0.15) is 132 Å². The van der Waals surface area contributed by atoms with Gasteiger partial charge in [0, 0.05) is 11.8 Å². The van der Waals surface area contributed by atoms with Crippen molar-refractivity contribution in [1.82, 2.24) is 0 Å². The first kappa shape index (κ1) is 34.3. The molecule has 0 aromatic rings. The molecule has 6 atom stereocenters. The molecule has 0 amide bonds. The van der Waals surface area contributed by atoms with E-state index in [9.17, 15) is 0 Å². The van der Waals surface area contributed by atoms with Gasteiger partial charge < -0.3 is 7.43 Å². The molecule has 0 radical (unpaired) electrons. The Morgan fingerprint density at radius 3 is 1.07 bits per heavy atom. The van der Waals surface area contributed by atoms with Crippen LogP contribution in [0.15, 0.2) is 9.98 Å². The van der Waals surface area contributed by atoms with Gasteiger partial charge >= 0.3 is 16.5 Å². The van der Waals surface area contributed by atoms with E-state index in [1.54, 1.807) is 11.4 Å². The molecule has 0 N–H and O–H groups in total. The fourth-order valence-corrected chi connectivity index (χ4v) is 10.5. The second kappa shape index (κ2) is 14.5. The van der Waals surface area contributed by atoms with Gasteiger partial charge in [-0.1, -0.05) is 93.9 Å². The summed E-state index contributed by atoms with van der Waals surface area (Å²) in [4.78, 5) is 12.1. The Bertz CT molecular complexity index is 756. The Morgan fingerprint density at radius 2 is 0.775 bits per heavy atom. The molecule has 0 saturated heterocycles. The van der Waals surface area contributed by atoms with E-state index in [1.807, 2.05) is 0 Å². The van der Waals surface area contributed by atoms with Gasteiger partial charge in [0.1, 0.15) is 0 Å². The summed E-state index contributed by atoms with van der Waals surface area (Å²) in [5.41, 5.74) is 3.12. The van der Waals surface area contributed by atoms with Crippen molar-refractivity contribution in [3.8, 4) is 0 Å². The van der Waals surface area contributed by atoms with E-state index < -0.39 is 0 Å². The molecule has 0 heterocycles. The molecule has 40 heavy (non-hydrogen) atoms. The minimum absolute atomic E-state index is 0. The molecule has 235 valence electrons. The summed E-state index contributed by atoms with van der Waals surface area (Å²) in [6, 6.07) is 1.02. The molecule has 5 aliphatic carbocycles. The van der Waals surface area contributed by atoms with Crippen molar-refractivity contribution >= 4 is 11.4 Å². The Morgan fingerprint density at radius 1 is 0.475 bits per heavy atom. The van der Waals surface area contributed by atoms with Gasteiger partial charge in [0.2, 0.25) is 0 Å². The molecule has 0 aliphatic heterocycles. The molecule has 2 nitrogen and oxygen atoms in total. The summed E-state index contributed by atoms with van der Waals surface area (Å²) >= 11 is 0. The number of aliphatic imine (C=N–C) groups is 2. The standard InChI is InChI=1S/C36H62N2.CH3.Ni.H/c1-21(2)26-15-11-16-27(22(3)4)33(26)37-35-30-19-9-13-25-14-10-20-31(32(25)30)36(35)38-34-28(23(5)6)17-12-18-29(34)24(7)8;;;/h21-34H,9-20H2,1-8H3;1H3;;/q;-1;;. The second-order valence-electron chi connectivity index (χ2n) is 15.9. The third-order valence-electron chi connectivity index (χ3n) is 12.5. The summed E-state index contributed by atoms with van der Waals surface area (Å²) < 4.78 is 0. The summed E-state index contributed by atoms with van der Waals surface area (Å²) in [6.45, 7) is 19.8. The maximum atomic E-state index is 6.06. The van der Waals surface area contributed by atoms with Crippen molar-refractivity contribution in [2.45, 2.75) is 145 Å². The van der Waals surface area contributed by atoms with Gasteiger partial charge in [-0.15, -0.1) is 0 Å². The number of rotatable bonds is 6. The Kier molecular flexibility index (Phi) is 12.5. The van der Waals surface area contributed by atoms with Gasteiger partial charge in [0.15, 0.2) is 0 Å². The van der Waals surface area contributed by atoms with Crippen LogP contribution < -0.4 is 0 Å². The number of nitrogens with zero attached hydrogens (tertiary/aromatic N) is 2. The van der Waals surface area contributed by atoms with Crippen molar-refractivity contribution in [1.29, 1.82) is 0 Å². The Balaban J connectivity index is 0.00000220. The fraction of sp³-hybridized carbons (Fsp3) is 0.919. The molecular formula is C37H66N2Ni-. The van der Waals surface area contributed by atoms with Crippen LogP contribution in [0.4, 0.5) is 0 Å². The molecular weight excluding hydrogens is 531 g/mol. The van der Waals surface area contributed by atoms with Crippen molar-refractivity contribution in [3.05, 3.63) is 7.43 Å². The van der Waals surface area contributed by atoms with Gasteiger partial charge in [-0.3, -0.25) is 9.98 Å². The van der Waals surface area contributed by atoms with E-state index in [2.05, 4.69) is 55.4 Å². The van der Waals surface area contributed by atoms with Crippen LogP contribution >= 0.6 is 0 Å². The van der Waals surface area contributed by atoms with Crippen LogP contribution in [0.2, 0.25) is 0 Å². The SMILES string of the molecule is CC(C)C1CCCC(C(C)C)C1N=C1C(=NC2C(C(C)C)CCCC2C(C)C)C2CCCC3CCCC1C32.[CH3-].[NiH]. The zero-order chi connectivity index (χ0) is 27.1. The van der Waals surface area contributed by atoms with Crippen molar-refractivity contribution in [2.24, 2.45) is 81.0 Å². The summed E-state index contributed by atoms with van der Waals surface area (Å²) in [5.74, 6) is 9.08. The van der Waals surface area contributed by atoms with Crippen molar-refractivity contribution in [2.75, 3.05) is 0 Å². The Labute approximate surface area is 260 Å². The van der Waals surface area contributed by atoms with Crippen LogP contribution in [0.3, 0.4) is 0 Å². The van der Waals surface area contributed by atoms with E-state index in [0.29, 0.717) is 23.9 Å². The fourth-order valence-electron chi connectivity index (χ4n) is 10.5. The predicted molar refractivity (Wildman–Crippen MR) is 173 cm³/mol. The first-order valence-corrected chi connectivity index (χ1v) is 17.3. The molecule has 3 heteroatoms. The van der Waals surface area contributed by atoms with Crippen LogP contribution in [0, 0.1) is 78.4 Å². The predicted octanol–water partition coefficient (Wildman–Crippen LogP) is 10.1. The maximum absolute atomic E-state index is 6.06. The summed E-state index contributed by atoms with van der Waals surface area (Å²) in [6.07, 6.45) is 16.9. The number of hydrogen-bond donors (Lipinski definition) is 0. The number of hydrogen-bond acceptors (Lipinski definition) is 2. The third-order valence-corrected chi connectivity index (χ3v) is 12.5. The molecule has 0 bridgehead atoms. The first-order chi connectivity index (χ1) is 18.2. The molecule has 0 spiro atoms. The molecule has 0 aromatic carbocycles. The normalized spacial score (nSPS) is 41.9. The van der Waals surface area contributed by atoms with Crippen LogP contribution in [-0.4, -0.2) is 23.5 Å². The van der Waals surface area contributed by atoms with E-state index in [0.717, 1.165) is 59.2 Å². The van der Waals surface area contributed by atoms with Crippen LogP contribution in [-0.2, 0) is 16.5 Å². The monoisotopic (exact) mass is 596 g/mol.